The first-order chi connectivity index (χ1) is 11.0. The molecule has 1 saturated carbocycles. The lowest BCUT2D eigenvalue weighted by atomic mass is 10.1. The molecule has 1 atom stereocenters. The number of nitrogens with one attached hydrogen (secondary N) is 1. The fourth-order valence-corrected chi connectivity index (χ4v) is 3.26. The van der Waals surface area contributed by atoms with Gasteiger partial charge in [0.1, 0.15) is 0 Å². The summed E-state index contributed by atoms with van der Waals surface area (Å²) in [5.41, 5.74) is 0.0879. The van der Waals surface area contributed by atoms with Crippen molar-refractivity contribution in [3.05, 3.63) is 33.8 Å². The minimum Gasteiger partial charge on any atom is -0.449 e. The minimum atomic E-state index is -0.891. The molecule has 126 valence electrons. The van der Waals surface area contributed by atoms with Gasteiger partial charge in [0.2, 0.25) is 0 Å². The van der Waals surface area contributed by atoms with Gasteiger partial charge in [0, 0.05) is 6.04 Å². The summed E-state index contributed by atoms with van der Waals surface area (Å²) >= 11 is 12.0. The molecule has 0 spiro atoms. The van der Waals surface area contributed by atoms with Crippen molar-refractivity contribution in [1.29, 1.82) is 0 Å². The Kier molecular flexibility index (Phi) is 6.72. The minimum absolute atomic E-state index is 0.0879. The van der Waals surface area contributed by atoms with Gasteiger partial charge in [-0.1, -0.05) is 55.0 Å². The number of benzene rings is 1. The molecule has 23 heavy (non-hydrogen) atoms. The lowest BCUT2D eigenvalue weighted by molar-refractivity contribution is -0.129. The van der Waals surface area contributed by atoms with Crippen molar-refractivity contribution in [3.8, 4) is 0 Å². The van der Waals surface area contributed by atoms with Crippen LogP contribution in [-0.2, 0) is 9.53 Å². The molecule has 0 aliphatic heterocycles. The number of carbonyl (C=O) groups excluding carboxylic acids is 2. The molecule has 1 aliphatic carbocycles. The molecule has 1 amide bonds. The molecule has 2 rings (SSSR count). The van der Waals surface area contributed by atoms with Crippen LogP contribution in [-0.4, -0.2) is 24.0 Å². The van der Waals surface area contributed by atoms with E-state index in [9.17, 15) is 9.59 Å². The molecule has 0 aromatic heterocycles. The summed E-state index contributed by atoms with van der Waals surface area (Å²) in [7, 11) is 0. The van der Waals surface area contributed by atoms with Crippen LogP contribution in [0.3, 0.4) is 0 Å². The molecule has 1 aromatic rings. The highest BCUT2D eigenvalue weighted by molar-refractivity contribution is 6.39. The van der Waals surface area contributed by atoms with E-state index in [-0.39, 0.29) is 27.6 Å². The van der Waals surface area contributed by atoms with E-state index in [4.69, 9.17) is 27.9 Å². The summed E-state index contributed by atoms with van der Waals surface area (Å²) < 4.78 is 5.21. The van der Waals surface area contributed by atoms with Crippen LogP contribution >= 0.6 is 23.2 Å². The van der Waals surface area contributed by atoms with Crippen LogP contribution in [0, 0.1) is 0 Å². The smallest absolute Gasteiger partial charge is 0.341 e. The third kappa shape index (κ3) is 5.11. The Morgan fingerprint density at radius 1 is 1.13 bits per heavy atom. The number of amides is 1. The predicted octanol–water partition coefficient (Wildman–Crippen LogP) is 4.38. The maximum absolute atomic E-state index is 12.2. The summed E-state index contributed by atoms with van der Waals surface area (Å²) in [5, 5.41) is 3.38. The predicted molar refractivity (Wildman–Crippen MR) is 91.0 cm³/mol. The maximum Gasteiger partial charge on any atom is 0.341 e. The molecule has 1 fully saturated rings. The summed E-state index contributed by atoms with van der Waals surface area (Å²) in [6, 6.07) is 4.92. The van der Waals surface area contributed by atoms with E-state index in [2.05, 4.69) is 5.32 Å². The molecule has 0 heterocycles. The highest BCUT2D eigenvalue weighted by Gasteiger charge is 2.24. The standard InChI is InChI=1S/C17H21Cl2NO3/c1-11(16(21)20-12-7-4-2-3-5-8-12)23-17(22)15-13(18)9-6-10-14(15)19/h6,9-12H,2-5,7-8H2,1H3,(H,20,21)/t11-/m1/s1. The molecule has 0 unspecified atom stereocenters. The number of esters is 1. The van der Waals surface area contributed by atoms with Crippen molar-refractivity contribution in [3.63, 3.8) is 0 Å². The Labute approximate surface area is 146 Å². The Morgan fingerprint density at radius 3 is 2.26 bits per heavy atom. The van der Waals surface area contributed by atoms with Gasteiger partial charge in [-0.15, -0.1) is 0 Å². The molecule has 1 aromatic carbocycles. The third-order valence-electron chi connectivity index (χ3n) is 4.02. The summed E-state index contributed by atoms with van der Waals surface area (Å²) in [6.07, 6.45) is 5.72. The number of rotatable bonds is 4. The van der Waals surface area contributed by atoms with Crippen LogP contribution in [0.5, 0.6) is 0 Å². The monoisotopic (exact) mass is 357 g/mol. The lowest BCUT2D eigenvalue weighted by Gasteiger charge is -2.20. The second kappa shape index (κ2) is 8.55. The summed E-state index contributed by atoms with van der Waals surface area (Å²) in [5.74, 6) is -0.974. The van der Waals surface area contributed by atoms with Gasteiger partial charge >= 0.3 is 5.97 Å². The van der Waals surface area contributed by atoms with Crippen molar-refractivity contribution < 1.29 is 14.3 Å². The van der Waals surface area contributed by atoms with Crippen molar-refractivity contribution in [2.24, 2.45) is 0 Å². The van der Waals surface area contributed by atoms with Gasteiger partial charge in [-0.3, -0.25) is 4.79 Å². The fourth-order valence-electron chi connectivity index (χ4n) is 2.71. The van der Waals surface area contributed by atoms with Gasteiger partial charge in [-0.05, 0) is 31.9 Å². The molecule has 1 aliphatic rings. The highest BCUT2D eigenvalue weighted by Crippen LogP contribution is 2.25. The van der Waals surface area contributed by atoms with Gasteiger partial charge in [0.25, 0.3) is 5.91 Å². The first kappa shape index (κ1) is 18.1. The number of carbonyl (C=O) groups is 2. The van der Waals surface area contributed by atoms with E-state index in [1.165, 1.54) is 12.8 Å². The first-order valence-corrected chi connectivity index (χ1v) is 8.70. The molecule has 4 nitrogen and oxygen atoms in total. The van der Waals surface area contributed by atoms with E-state index < -0.39 is 12.1 Å². The van der Waals surface area contributed by atoms with Crippen LogP contribution < -0.4 is 5.32 Å². The lowest BCUT2D eigenvalue weighted by Crippen LogP contribution is -2.41. The average molecular weight is 358 g/mol. The molecule has 0 radical (unpaired) electrons. The molecule has 0 saturated heterocycles. The van der Waals surface area contributed by atoms with Crippen LogP contribution in [0.4, 0.5) is 0 Å². The maximum atomic E-state index is 12.2. The molecule has 0 bridgehead atoms. The highest BCUT2D eigenvalue weighted by atomic mass is 35.5. The Hall–Kier alpha value is -1.26. The van der Waals surface area contributed by atoms with Crippen molar-refractivity contribution in [2.75, 3.05) is 0 Å². The van der Waals surface area contributed by atoms with Crippen molar-refractivity contribution in [1.82, 2.24) is 5.32 Å². The Bertz CT molecular complexity index is 549. The van der Waals surface area contributed by atoms with E-state index in [1.807, 2.05) is 0 Å². The second-order valence-corrected chi connectivity index (χ2v) is 6.66. The van der Waals surface area contributed by atoms with Gasteiger partial charge in [-0.25, -0.2) is 4.79 Å². The van der Waals surface area contributed by atoms with Crippen molar-refractivity contribution in [2.45, 2.75) is 57.6 Å². The largest absolute Gasteiger partial charge is 0.449 e. The fraction of sp³-hybridized carbons (Fsp3) is 0.529. The van der Waals surface area contributed by atoms with Gasteiger partial charge in [0.15, 0.2) is 6.10 Å². The van der Waals surface area contributed by atoms with Crippen LogP contribution in [0.2, 0.25) is 10.0 Å². The van der Waals surface area contributed by atoms with E-state index >= 15 is 0 Å². The molecular formula is C17H21Cl2NO3. The molecule has 1 N–H and O–H groups in total. The van der Waals surface area contributed by atoms with Crippen LogP contribution in [0.15, 0.2) is 18.2 Å². The topological polar surface area (TPSA) is 55.4 Å². The zero-order chi connectivity index (χ0) is 16.8. The third-order valence-corrected chi connectivity index (χ3v) is 4.65. The second-order valence-electron chi connectivity index (χ2n) is 5.84. The van der Waals surface area contributed by atoms with E-state index in [0.717, 1.165) is 25.7 Å². The number of ether oxygens (including phenoxy) is 1. The van der Waals surface area contributed by atoms with Crippen LogP contribution in [0.1, 0.15) is 55.8 Å². The number of halogens is 2. The normalized spacial score (nSPS) is 17.2. The molecule has 6 heteroatoms. The van der Waals surface area contributed by atoms with E-state index in [1.54, 1.807) is 25.1 Å². The van der Waals surface area contributed by atoms with Gasteiger partial charge < -0.3 is 10.1 Å². The van der Waals surface area contributed by atoms with E-state index in [0.29, 0.717) is 0 Å². The van der Waals surface area contributed by atoms with Crippen LogP contribution in [0.25, 0.3) is 0 Å². The zero-order valence-electron chi connectivity index (χ0n) is 13.1. The Balaban J connectivity index is 1.93. The summed E-state index contributed by atoms with van der Waals surface area (Å²) in [4.78, 5) is 24.4. The Morgan fingerprint density at radius 2 is 1.70 bits per heavy atom. The zero-order valence-corrected chi connectivity index (χ0v) is 14.6. The quantitative estimate of drug-likeness (QED) is 0.642. The van der Waals surface area contributed by atoms with Gasteiger partial charge in [-0.2, -0.15) is 0 Å². The van der Waals surface area contributed by atoms with Gasteiger partial charge in [0.05, 0.1) is 15.6 Å². The first-order valence-electron chi connectivity index (χ1n) is 7.94. The SMILES string of the molecule is C[C@@H](OC(=O)c1c(Cl)cccc1Cl)C(=O)NC1CCCCCC1. The number of hydrogen-bond acceptors (Lipinski definition) is 3. The average Bonchev–Trinajstić information content (AvgIpc) is 2.75. The number of hydrogen-bond donors (Lipinski definition) is 1. The van der Waals surface area contributed by atoms with Crippen molar-refractivity contribution >= 4 is 35.1 Å². The molecular weight excluding hydrogens is 337 g/mol. The summed E-state index contributed by atoms with van der Waals surface area (Å²) in [6.45, 7) is 1.55.